The molecule has 2 aromatic heterocycles. The van der Waals surface area contributed by atoms with Crippen molar-refractivity contribution in [2.24, 2.45) is 0 Å². The van der Waals surface area contributed by atoms with Crippen LogP contribution < -0.4 is 10.7 Å². The molecule has 0 aliphatic carbocycles. The van der Waals surface area contributed by atoms with Crippen LogP contribution in [0.4, 0.5) is 10.8 Å². The Balaban J connectivity index is 1.63. The van der Waals surface area contributed by atoms with Crippen molar-refractivity contribution in [1.82, 2.24) is 10.2 Å². The third kappa shape index (κ3) is 4.08. The van der Waals surface area contributed by atoms with E-state index in [2.05, 4.69) is 15.5 Å². The van der Waals surface area contributed by atoms with Crippen LogP contribution in [0.3, 0.4) is 0 Å². The summed E-state index contributed by atoms with van der Waals surface area (Å²) in [7, 11) is 0. The van der Waals surface area contributed by atoms with E-state index in [1.165, 1.54) is 29.2 Å². The lowest BCUT2D eigenvalue weighted by atomic mass is 10.2. The fourth-order valence-corrected chi connectivity index (χ4v) is 3.61. The number of benzene rings is 1. The summed E-state index contributed by atoms with van der Waals surface area (Å²) in [6.45, 7) is 1.94. The van der Waals surface area contributed by atoms with Gasteiger partial charge in [-0.15, -0.1) is 10.2 Å². The van der Waals surface area contributed by atoms with Crippen LogP contribution in [-0.4, -0.2) is 15.3 Å². The highest BCUT2D eigenvalue weighted by molar-refractivity contribution is 8.00. The Hall–Kier alpha value is -2.03. The number of thioether (sulfide) groups is 1. The van der Waals surface area contributed by atoms with Crippen LogP contribution in [0.15, 0.2) is 44.1 Å². The summed E-state index contributed by atoms with van der Waals surface area (Å²) in [5.41, 5.74) is 1.38. The molecule has 0 atom stereocenters. The van der Waals surface area contributed by atoms with E-state index in [4.69, 9.17) is 21.1 Å². The van der Waals surface area contributed by atoms with E-state index in [1.807, 2.05) is 25.1 Å². The average molecular weight is 382 g/mol. The summed E-state index contributed by atoms with van der Waals surface area (Å²) in [6.07, 6.45) is 1.03. The summed E-state index contributed by atoms with van der Waals surface area (Å²) in [6, 6.07) is 6.93. The summed E-state index contributed by atoms with van der Waals surface area (Å²) in [5, 5.41) is 21.8. The molecule has 0 aliphatic heterocycles. The predicted molar refractivity (Wildman–Crippen MR) is 95.6 cm³/mol. The minimum Gasteiger partial charge on any atom is -0.502 e. The van der Waals surface area contributed by atoms with Crippen molar-refractivity contribution in [1.29, 1.82) is 0 Å². The molecule has 3 rings (SSSR count). The Morgan fingerprint density at radius 1 is 1.38 bits per heavy atom. The third-order valence-corrected chi connectivity index (χ3v) is 5.44. The van der Waals surface area contributed by atoms with Crippen LogP contribution >= 0.6 is 34.7 Å². The first kappa shape index (κ1) is 16.8. The van der Waals surface area contributed by atoms with E-state index in [9.17, 15) is 4.79 Å². The summed E-state index contributed by atoms with van der Waals surface area (Å²) < 4.78 is 5.87. The van der Waals surface area contributed by atoms with Gasteiger partial charge in [0.05, 0.1) is 5.75 Å². The summed E-state index contributed by atoms with van der Waals surface area (Å²) in [5.74, 6) is 0.473. The fraction of sp³-hybridized carbons (Fsp3) is 0.133. The van der Waals surface area contributed by atoms with Gasteiger partial charge in [0.1, 0.15) is 12.0 Å². The molecule has 24 heavy (non-hydrogen) atoms. The number of nitrogens with zero attached hydrogens (tertiary/aromatic N) is 2. The molecule has 0 radical (unpaired) electrons. The van der Waals surface area contributed by atoms with Gasteiger partial charge in [-0.3, -0.25) is 4.79 Å². The fourth-order valence-electron chi connectivity index (χ4n) is 1.77. The van der Waals surface area contributed by atoms with Crippen molar-refractivity contribution in [3.05, 3.63) is 57.1 Å². The van der Waals surface area contributed by atoms with Crippen LogP contribution in [-0.2, 0) is 5.75 Å². The van der Waals surface area contributed by atoms with E-state index >= 15 is 0 Å². The van der Waals surface area contributed by atoms with Crippen LogP contribution in [0.2, 0.25) is 5.02 Å². The maximum Gasteiger partial charge on any atom is 0.226 e. The molecule has 0 aliphatic rings. The molecule has 3 aromatic rings. The van der Waals surface area contributed by atoms with Gasteiger partial charge in [0.15, 0.2) is 10.1 Å². The van der Waals surface area contributed by atoms with Gasteiger partial charge in [0.2, 0.25) is 10.6 Å². The molecule has 0 saturated carbocycles. The van der Waals surface area contributed by atoms with Crippen molar-refractivity contribution >= 4 is 45.5 Å². The number of anilines is 2. The summed E-state index contributed by atoms with van der Waals surface area (Å²) in [4.78, 5) is 11.3. The number of aromatic hydroxyl groups is 1. The minimum atomic E-state index is -0.465. The maximum absolute atomic E-state index is 11.3. The molecule has 0 spiro atoms. The first-order valence-corrected chi connectivity index (χ1v) is 8.99. The second kappa shape index (κ2) is 7.25. The quantitative estimate of drug-likeness (QED) is 0.640. The molecule has 0 amide bonds. The van der Waals surface area contributed by atoms with Crippen LogP contribution in [0.1, 0.15) is 11.3 Å². The van der Waals surface area contributed by atoms with Crippen molar-refractivity contribution in [3.8, 4) is 5.75 Å². The van der Waals surface area contributed by atoms with Crippen LogP contribution in [0.25, 0.3) is 0 Å². The van der Waals surface area contributed by atoms with Crippen molar-refractivity contribution < 1.29 is 9.52 Å². The molecule has 6 nitrogen and oxygen atoms in total. The second-order valence-electron chi connectivity index (χ2n) is 4.85. The van der Waals surface area contributed by atoms with Crippen molar-refractivity contribution in [2.75, 3.05) is 5.32 Å². The molecule has 0 saturated heterocycles. The van der Waals surface area contributed by atoms with Gasteiger partial charge in [-0.05, 0) is 24.6 Å². The molecule has 0 bridgehead atoms. The van der Waals surface area contributed by atoms with Gasteiger partial charge in [0, 0.05) is 16.8 Å². The van der Waals surface area contributed by atoms with Gasteiger partial charge < -0.3 is 14.8 Å². The van der Waals surface area contributed by atoms with Gasteiger partial charge >= 0.3 is 0 Å². The Kier molecular flexibility index (Phi) is 5.08. The molecule has 124 valence electrons. The molecule has 1 aromatic carbocycles. The standard InChI is InChI=1S/C15H12ClN3O3S2/c1-8-2-3-9(4-11(8)16)17-14-18-19-15(24-14)23-7-10-5-12(20)13(21)6-22-10/h2-6,21H,7H2,1H3,(H,17,18). The van der Waals surface area contributed by atoms with E-state index in [-0.39, 0.29) is 0 Å². The van der Waals surface area contributed by atoms with Gasteiger partial charge in [-0.2, -0.15) is 0 Å². The Morgan fingerprint density at radius 2 is 2.21 bits per heavy atom. The van der Waals surface area contributed by atoms with Crippen LogP contribution in [0.5, 0.6) is 5.75 Å². The molecule has 2 heterocycles. The lowest BCUT2D eigenvalue weighted by Crippen LogP contribution is -1.98. The van der Waals surface area contributed by atoms with E-state index < -0.39 is 11.2 Å². The zero-order valence-corrected chi connectivity index (χ0v) is 14.8. The summed E-state index contributed by atoms with van der Waals surface area (Å²) >= 11 is 8.87. The molecule has 2 N–H and O–H groups in total. The highest BCUT2D eigenvalue weighted by Crippen LogP contribution is 2.30. The minimum absolute atomic E-state index is 0.400. The number of aryl methyl sites for hydroxylation is 1. The largest absolute Gasteiger partial charge is 0.502 e. The van der Waals surface area contributed by atoms with Crippen molar-refractivity contribution in [2.45, 2.75) is 17.0 Å². The maximum atomic E-state index is 11.3. The normalized spacial score (nSPS) is 10.8. The van der Waals surface area contributed by atoms with Crippen molar-refractivity contribution in [3.63, 3.8) is 0 Å². The SMILES string of the molecule is Cc1ccc(Nc2nnc(SCc3cc(=O)c(O)co3)s2)cc1Cl. The van der Waals surface area contributed by atoms with E-state index in [1.54, 1.807) is 0 Å². The third-order valence-electron chi connectivity index (χ3n) is 3.03. The molecule has 9 heteroatoms. The molecule has 0 unspecified atom stereocenters. The first-order chi connectivity index (χ1) is 11.5. The highest BCUT2D eigenvalue weighted by Gasteiger charge is 2.08. The number of halogens is 1. The number of nitrogens with one attached hydrogen (secondary N) is 1. The number of hydrogen-bond donors (Lipinski definition) is 2. The Morgan fingerprint density at radius 3 is 2.96 bits per heavy atom. The monoisotopic (exact) mass is 381 g/mol. The van der Waals surface area contributed by atoms with Gasteiger partial charge in [0.25, 0.3) is 0 Å². The molecular weight excluding hydrogens is 370 g/mol. The smallest absolute Gasteiger partial charge is 0.226 e. The molecule has 0 fully saturated rings. The zero-order chi connectivity index (χ0) is 17.1. The number of rotatable bonds is 5. The highest BCUT2D eigenvalue weighted by atomic mass is 35.5. The van der Waals surface area contributed by atoms with E-state index in [0.717, 1.165) is 21.9 Å². The number of hydrogen-bond acceptors (Lipinski definition) is 8. The Labute approximate surface area is 150 Å². The Bertz CT molecular complexity index is 926. The van der Waals surface area contributed by atoms with Gasteiger partial charge in [-0.1, -0.05) is 40.8 Å². The predicted octanol–water partition coefficient (Wildman–Crippen LogP) is 4.19. The average Bonchev–Trinajstić information content (AvgIpc) is 3.00. The lowest BCUT2D eigenvalue weighted by Gasteiger charge is -2.03. The lowest BCUT2D eigenvalue weighted by molar-refractivity contribution is 0.419. The first-order valence-electron chi connectivity index (χ1n) is 6.81. The topological polar surface area (TPSA) is 88.2 Å². The van der Waals surface area contributed by atoms with E-state index in [0.29, 0.717) is 21.7 Å². The van der Waals surface area contributed by atoms with Gasteiger partial charge in [-0.25, -0.2) is 0 Å². The zero-order valence-electron chi connectivity index (χ0n) is 12.4. The van der Waals surface area contributed by atoms with Crippen LogP contribution in [0, 0.1) is 6.92 Å². The number of aromatic nitrogens is 2. The second-order valence-corrected chi connectivity index (χ2v) is 7.45. The molecular formula is C15H12ClN3O3S2.